The van der Waals surface area contributed by atoms with E-state index in [1.54, 1.807) is 0 Å². The van der Waals surface area contributed by atoms with Crippen LogP contribution in [0.1, 0.15) is 51.9 Å². The van der Waals surface area contributed by atoms with Crippen LogP contribution in [0.15, 0.2) is 0 Å². The summed E-state index contributed by atoms with van der Waals surface area (Å²) in [5.41, 5.74) is 0. The molecule has 3 atom stereocenters. The maximum absolute atomic E-state index is 12.3. The van der Waals surface area contributed by atoms with E-state index in [1.165, 1.54) is 11.8 Å². The zero-order valence-electron chi connectivity index (χ0n) is 14.0. The minimum absolute atomic E-state index is 0.0421. The summed E-state index contributed by atoms with van der Waals surface area (Å²) in [6.07, 6.45) is 4.47. The van der Waals surface area contributed by atoms with Crippen molar-refractivity contribution in [3.8, 4) is 0 Å². The third-order valence-corrected chi connectivity index (χ3v) is 5.07. The van der Waals surface area contributed by atoms with E-state index in [-0.39, 0.29) is 48.6 Å². The van der Waals surface area contributed by atoms with Gasteiger partial charge < -0.3 is 10.1 Å². The van der Waals surface area contributed by atoms with Gasteiger partial charge in [0.1, 0.15) is 0 Å². The average molecular weight is 336 g/mol. The lowest BCUT2D eigenvalue weighted by atomic mass is 9.81. The van der Waals surface area contributed by atoms with Crippen molar-refractivity contribution in [2.24, 2.45) is 11.8 Å². The first-order valence-corrected chi connectivity index (χ1v) is 8.82. The summed E-state index contributed by atoms with van der Waals surface area (Å²) in [5.74, 6) is -1.58. The largest absolute Gasteiger partial charge is 0.452 e. The van der Waals surface area contributed by atoms with Crippen LogP contribution >= 0.6 is 0 Å². The van der Waals surface area contributed by atoms with Gasteiger partial charge in [0.05, 0.1) is 18.3 Å². The fourth-order valence-corrected chi connectivity index (χ4v) is 3.51. The van der Waals surface area contributed by atoms with E-state index in [2.05, 4.69) is 5.32 Å². The molecule has 2 saturated carbocycles. The molecule has 1 aliphatic heterocycles. The number of carbonyl (C=O) groups excluding carboxylic acids is 4. The summed E-state index contributed by atoms with van der Waals surface area (Å²) >= 11 is 0. The fraction of sp³-hybridized carbons (Fsp3) is 0.765. The number of likely N-dealkylation sites (tertiary alicyclic amines) is 1. The Balaban J connectivity index is 1.46. The number of fused-ring (bicyclic) bond motifs is 1. The van der Waals surface area contributed by atoms with Gasteiger partial charge in [-0.05, 0) is 32.6 Å². The highest BCUT2D eigenvalue weighted by Crippen LogP contribution is 2.37. The molecule has 0 bridgehead atoms. The van der Waals surface area contributed by atoms with Crippen LogP contribution in [0.5, 0.6) is 0 Å². The third-order valence-electron chi connectivity index (χ3n) is 5.07. The quantitative estimate of drug-likeness (QED) is 0.571. The number of ether oxygens (including phenoxy) is 1. The summed E-state index contributed by atoms with van der Waals surface area (Å²) in [6.45, 7) is 1.57. The lowest BCUT2D eigenvalue weighted by molar-refractivity contribution is -0.155. The molecule has 7 heteroatoms. The highest BCUT2D eigenvalue weighted by atomic mass is 16.5. The van der Waals surface area contributed by atoms with Gasteiger partial charge in [0.15, 0.2) is 6.10 Å². The van der Waals surface area contributed by atoms with Crippen LogP contribution in [-0.4, -0.2) is 47.3 Å². The van der Waals surface area contributed by atoms with E-state index in [0.29, 0.717) is 0 Å². The molecule has 0 spiro atoms. The molecule has 3 aliphatic rings. The normalized spacial score (nSPS) is 27.6. The van der Waals surface area contributed by atoms with E-state index in [4.69, 9.17) is 4.74 Å². The average Bonchev–Trinajstić information content (AvgIpc) is 3.34. The topological polar surface area (TPSA) is 92.8 Å². The minimum atomic E-state index is -0.856. The smallest absolute Gasteiger partial charge is 0.308 e. The van der Waals surface area contributed by atoms with Gasteiger partial charge >= 0.3 is 5.97 Å². The van der Waals surface area contributed by atoms with Gasteiger partial charge in [0.25, 0.3) is 5.91 Å². The van der Waals surface area contributed by atoms with Crippen LogP contribution in [0.2, 0.25) is 0 Å². The minimum Gasteiger partial charge on any atom is -0.452 e. The SMILES string of the molecule is C[C@H](OC(=O)CCN1C(=O)[C@H]2CCCC[C@H]2C1=O)C(=O)NC1CC1. The Bertz CT molecular complexity index is 533. The van der Waals surface area contributed by atoms with E-state index < -0.39 is 12.1 Å². The van der Waals surface area contributed by atoms with Gasteiger partial charge in [0, 0.05) is 12.6 Å². The lowest BCUT2D eigenvalue weighted by Gasteiger charge is -2.19. The van der Waals surface area contributed by atoms with Crippen molar-refractivity contribution in [2.75, 3.05) is 6.54 Å². The summed E-state index contributed by atoms with van der Waals surface area (Å²) < 4.78 is 5.09. The number of rotatable bonds is 6. The summed E-state index contributed by atoms with van der Waals surface area (Å²) in [7, 11) is 0. The van der Waals surface area contributed by atoms with Crippen molar-refractivity contribution in [2.45, 2.75) is 64.0 Å². The number of esters is 1. The molecule has 0 unspecified atom stereocenters. The maximum Gasteiger partial charge on any atom is 0.308 e. The zero-order valence-corrected chi connectivity index (χ0v) is 14.0. The number of hydrogen-bond acceptors (Lipinski definition) is 5. The number of carbonyl (C=O) groups is 4. The molecular weight excluding hydrogens is 312 g/mol. The fourth-order valence-electron chi connectivity index (χ4n) is 3.51. The number of amides is 3. The molecule has 7 nitrogen and oxygen atoms in total. The van der Waals surface area contributed by atoms with Gasteiger partial charge in [-0.1, -0.05) is 12.8 Å². The second-order valence-corrected chi connectivity index (χ2v) is 6.99. The van der Waals surface area contributed by atoms with Gasteiger partial charge in [-0.2, -0.15) is 0 Å². The Morgan fingerprint density at radius 1 is 1.12 bits per heavy atom. The van der Waals surface area contributed by atoms with Gasteiger partial charge in [-0.25, -0.2) is 0 Å². The second kappa shape index (κ2) is 6.91. The van der Waals surface area contributed by atoms with Crippen molar-refractivity contribution in [1.82, 2.24) is 10.2 Å². The van der Waals surface area contributed by atoms with E-state index in [9.17, 15) is 19.2 Å². The van der Waals surface area contributed by atoms with Crippen LogP contribution in [0.4, 0.5) is 0 Å². The molecule has 24 heavy (non-hydrogen) atoms. The highest BCUT2D eigenvalue weighted by molar-refractivity contribution is 6.05. The Labute approximate surface area is 141 Å². The molecule has 2 aliphatic carbocycles. The number of nitrogens with one attached hydrogen (secondary N) is 1. The first-order valence-electron chi connectivity index (χ1n) is 8.82. The molecule has 1 saturated heterocycles. The molecule has 3 rings (SSSR count). The zero-order chi connectivity index (χ0) is 17.3. The molecule has 1 N–H and O–H groups in total. The van der Waals surface area contributed by atoms with Crippen LogP contribution in [0.3, 0.4) is 0 Å². The molecule has 0 radical (unpaired) electrons. The van der Waals surface area contributed by atoms with Crippen molar-refractivity contribution in [3.05, 3.63) is 0 Å². The van der Waals surface area contributed by atoms with Crippen molar-refractivity contribution >= 4 is 23.7 Å². The number of hydrogen-bond donors (Lipinski definition) is 1. The molecule has 0 aromatic heterocycles. The van der Waals surface area contributed by atoms with Gasteiger partial charge in [-0.3, -0.25) is 24.1 Å². The predicted molar refractivity (Wildman–Crippen MR) is 83.5 cm³/mol. The molecule has 0 aromatic rings. The molecule has 0 aromatic carbocycles. The Hall–Kier alpha value is -1.92. The molecule has 1 heterocycles. The predicted octanol–water partition coefficient (Wildman–Crippen LogP) is 0.762. The summed E-state index contributed by atoms with van der Waals surface area (Å²) in [4.78, 5) is 49.5. The van der Waals surface area contributed by atoms with Crippen molar-refractivity contribution in [3.63, 3.8) is 0 Å². The first kappa shape index (κ1) is 16.9. The van der Waals surface area contributed by atoms with E-state index in [0.717, 1.165) is 38.5 Å². The third kappa shape index (κ3) is 3.60. The Morgan fingerprint density at radius 2 is 1.71 bits per heavy atom. The van der Waals surface area contributed by atoms with Gasteiger partial charge in [0.2, 0.25) is 11.8 Å². The Morgan fingerprint density at radius 3 is 2.25 bits per heavy atom. The maximum atomic E-state index is 12.3. The number of imide groups is 1. The standard InChI is InChI=1S/C17H24N2O5/c1-10(15(21)18-11-6-7-11)24-14(20)8-9-19-16(22)12-4-2-3-5-13(12)17(19)23/h10-13H,2-9H2,1H3,(H,18,21)/t10-,12-,13+/m0/s1. The van der Waals surface area contributed by atoms with Crippen LogP contribution < -0.4 is 5.32 Å². The highest BCUT2D eigenvalue weighted by Gasteiger charge is 2.47. The Kier molecular flexibility index (Phi) is 4.87. The summed E-state index contributed by atoms with van der Waals surface area (Å²) in [6, 6.07) is 0.210. The molecule has 132 valence electrons. The molecule has 3 fully saturated rings. The van der Waals surface area contributed by atoms with Gasteiger partial charge in [-0.15, -0.1) is 0 Å². The van der Waals surface area contributed by atoms with Crippen LogP contribution in [0.25, 0.3) is 0 Å². The monoisotopic (exact) mass is 336 g/mol. The second-order valence-electron chi connectivity index (χ2n) is 6.99. The first-order chi connectivity index (χ1) is 11.5. The summed E-state index contributed by atoms with van der Waals surface area (Å²) in [5, 5.41) is 2.77. The van der Waals surface area contributed by atoms with Crippen LogP contribution in [0, 0.1) is 11.8 Å². The lowest BCUT2D eigenvalue weighted by Crippen LogP contribution is -2.38. The van der Waals surface area contributed by atoms with E-state index >= 15 is 0 Å². The number of nitrogens with zero attached hydrogens (tertiary/aromatic N) is 1. The van der Waals surface area contributed by atoms with Crippen LogP contribution in [-0.2, 0) is 23.9 Å². The van der Waals surface area contributed by atoms with Crippen molar-refractivity contribution in [1.29, 1.82) is 0 Å². The molecule has 3 amide bonds. The van der Waals surface area contributed by atoms with Crippen molar-refractivity contribution < 1.29 is 23.9 Å². The molecular formula is C17H24N2O5. The van der Waals surface area contributed by atoms with E-state index in [1.807, 2.05) is 0 Å².